The van der Waals surface area contributed by atoms with E-state index < -0.39 is 0 Å². The summed E-state index contributed by atoms with van der Waals surface area (Å²) in [4.78, 5) is 21.5. The lowest BCUT2D eigenvalue weighted by molar-refractivity contribution is -0.113. The van der Waals surface area contributed by atoms with E-state index in [0.717, 1.165) is 16.7 Å². The van der Waals surface area contributed by atoms with Crippen LogP contribution in [0.1, 0.15) is 51.9 Å². The molecule has 0 spiro atoms. The van der Waals surface area contributed by atoms with Crippen molar-refractivity contribution < 1.29 is 9.59 Å². The molecule has 0 aromatic heterocycles. The second-order valence-corrected chi connectivity index (χ2v) is 4.31. The average Bonchev–Trinajstić information content (AvgIpc) is 2.55. The molecule has 0 aliphatic rings. The van der Waals surface area contributed by atoms with Gasteiger partial charge in [0, 0.05) is 11.1 Å². The molecule has 1 aromatic carbocycles. The summed E-state index contributed by atoms with van der Waals surface area (Å²) >= 11 is 0. The van der Waals surface area contributed by atoms with Gasteiger partial charge < -0.3 is 0 Å². The molecule has 1 rings (SSSR count). The molecule has 120 valence electrons. The fourth-order valence-electron chi connectivity index (χ4n) is 1.37. The number of ketones is 2. The Labute approximate surface area is 135 Å². The lowest BCUT2D eigenvalue weighted by Crippen LogP contribution is -1.92. The third-order valence-electron chi connectivity index (χ3n) is 2.60. The van der Waals surface area contributed by atoms with E-state index in [1.54, 1.807) is 26.0 Å². The van der Waals surface area contributed by atoms with Crippen molar-refractivity contribution in [3.05, 3.63) is 71.8 Å². The Hall–Kier alpha value is -2.22. The molecule has 0 aliphatic heterocycles. The highest BCUT2D eigenvalue weighted by Gasteiger charge is 1.96. The number of allylic oxidation sites excluding steroid dienone is 5. The predicted octanol–water partition coefficient (Wildman–Crippen LogP) is 5.57. The molecule has 0 radical (unpaired) electrons. The molecule has 0 heterocycles. The first-order chi connectivity index (χ1) is 10.4. The molecule has 0 atom stereocenters. The van der Waals surface area contributed by atoms with Crippen LogP contribution in [0.25, 0.3) is 0 Å². The highest BCUT2D eigenvalue weighted by Crippen LogP contribution is 2.03. The first-order valence-corrected chi connectivity index (χ1v) is 7.46. The molecule has 2 nitrogen and oxygen atoms in total. The smallest absolute Gasteiger partial charge is 0.159 e. The predicted molar refractivity (Wildman–Crippen MR) is 96.2 cm³/mol. The molecule has 0 aliphatic carbocycles. The minimum absolute atomic E-state index is 0.0914. The summed E-state index contributed by atoms with van der Waals surface area (Å²) in [5.74, 6) is 0.212. The van der Waals surface area contributed by atoms with Crippen LogP contribution in [0.3, 0.4) is 0 Å². The third kappa shape index (κ3) is 10.6. The number of hydrogen-bond acceptors (Lipinski definition) is 2. The Balaban J connectivity index is 0. The second-order valence-electron chi connectivity index (χ2n) is 4.31. The average molecular weight is 300 g/mol. The topological polar surface area (TPSA) is 34.1 Å². The van der Waals surface area contributed by atoms with Gasteiger partial charge in [-0.25, -0.2) is 0 Å². The molecule has 0 unspecified atom stereocenters. The molecule has 0 saturated carbocycles. The van der Waals surface area contributed by atoms with Crippen molar-refractivity contribution in [1.29, 1.82) is 0 Å². The van der Waals surface area contributed by atoms with Gasteiger partial charge in [0.1, 0.15) is 0 Å². The number of carbonyl (C=O) groups is 2. The van der Waals surface area contributed by atoms with Gasteiger partial charge >= 0.3 is 0 Å². The quantitative estimate of drug-likeness (QED) is 0.414. The first kappa shape index (κ1) is 22.1. The van der Waals surface area contributed by atoms with E-state index >= 15 is 0 Å². The van der Waals surface area contributed by atoms with Crippen molar-refractivity contribution >= 4 is 11.6 Å². The summed E-state index contributed by atoms with van der Waals surface area (Å²) in [6.45, 7) is 14.5. The monoisotopic (exact) mass is 300 g/mol. The zero-order valence-corrected chi connectivity index (χ0v) is 14.6. The summed E-state index contributed by atoms with van der Waals surface area (Å²) in [6, 6.07) is 9.23. The lowest BCUT2D eigenvalue weighted by Gasteiger charge is -1.95. The highest BCUT2D eigenvalue weighted by molar-refractivity contribution is 5.96. The van der Waals surface area contributed by atoms with Crippen LogP contribution in [0.4, 0.5) is 0 Å². The van der Waals surface area contributed by atoms with Crippen molar-refractivity contribution in [3.8, 4) is 0 Å². The largest absolute Gasteiger partial charge is 0.295 e. The minimum atomic E-state index is 0.0914. The highest BCUT2D eigenvalue weighted by atomic mass is 16.1. The van der Waals surface area contributed by atoms with Gasteiger partial charge in [-0.3, -0.25) is 9.59 Å². The SMILES string of the molecule is C=C/C(C)=C\C(=C/C)C(C)=O.CC.CC(=O)c1ccccc1. The van der Waals surface area contributed by atoms with Gasteiger partial charge in [-0.1, -0.05) is 68.5 Å². The van der Waals surface area contributed by atoms with Gasteiger partial charge in [-0.15, -0.1) is 0 Å². The van der Waals surface area contributed by atoms with Crippen LogP contribution in [0.5, 0.6) is 0 Å². The van der Waals surface area contributed by atoms with Crippen LogP contribution < -0.4 is 0 Å². The molecule has 2 heteroatoms. The van der Waals surface area contributed by atoms with Gasteiger partial charge in [-0.05, 0) is 33.8 Å². The van der Waals surface area contributed by atoms with Crippen molar-refractivity contribution in [2.75, 3.05) is 0 Å². The lowest BCUT2D eigenvalue weighted by atomic mass is 10.1. The fourth-order valence-corrected chi connectivity index (χ4v) is 1.37. The molecule has 0 amide bonds. The summed E-state index contributed by atoms with van der Waals surface area (Å²) < 4.78 is 0. The summed E-state index contributed by atoms with van der Waals surface area (Å²) in [7, 11) is 0. The molecule has 22 heavy (non-hydrogen) atoms. The normalized spacial score (nSPS) is 10.5. The van der Waals surface area contributed by atoms with Crippen molar-refractivity contribution in [2.24, 2.45) is 0 Å². The van der Waals surface area contributed by atoms with E-state index in [1.165, 1.54) is 0 Å². The van der Waals surface area contributed by atoms with Crippen LogP contribution in [0.2, 0.25) is 0 Å². The van der Waals surface area contributed by atoms with Crippen LogP contribution in [0.15, 0.2) is 66.3 Å². The summed E-state index contributed by atoms with van der Waals surface area (Å²) in [5, 5.41) is 0. The number of hydrogen-bond donors (Lipinski definition) is 0. The van der Waals surface area contributed by atoms with E-state index in [4.69, 9.17) is 0 Å². The van der Waals surface area contributed by atoms with Gasteiger partial charge in [0.25, 0.3) is 0 Å². The maximum absolute atomic E-state index is 10.9. The summed E-state index contributed by atoms with van der Waals surface area (Å²) in [5.41, 5.74) is 2.52. The molecular weight excluding hydrogens is 272 g/mol. The zero-order valence-electron chi connectivity index (χ0n) is 14.6. The maximum Gasteiger partial charge on any atom is 0.159 e. The van der Waals surface area contributed by atoms with Crippen molar-refractivity contribution in [2.45, 2.75) is 41.5 Å². The number of benzene rings is 1. The first-order valence-electron chi connectivity index (χ1n) is 7.46. The molecule has 0 N–H and O–H groups in total. The van der Waals surface area contributed by atoms with Crippen molar-refractivity contribution in [3.63, 3.8) is 0 Å². The van der Waals surface area contributed by atoms with E-state index in [2.05, 4.69) is 6.58 Å². The summed E-state index contributed by atoms with van der Waals surface area (Å²) in [6.07, 6.45) is 5.36. The van der Waals surface area contributed by atoms with Gasteiger partial charge in [0.15, 0.2) is 11.6 Å². The Morgan fingerprint density at radius 2 is 1.50 bits per heavy atom. The Kier molecular flexibility index (Phi) is 13.8. The maximum atomic E-state index is 10.9. The van der Waals surface area contributed by atoms with E-state index in [0.29, 0.717) is 0 Å². The van der Waals surface area contributed by atoms with Crippen LogP contribution in [-0.2, 0) is 4.79 Å². The van der Waals surface area contributed by atoms with Gasteiger partial charge in [-0.2, -0.15) is 0 Å². The van der Waals surface area contributed by atoms with Crippen molar-refractivity contribution in [1.82, 2.24) is 0 Å². The molecule has 1 aromatic rings. The number of rotatable bonds is 4. The zero-order chi connectivity index (χ0) is 17.5. The second kappa shape index (κ2) is 13.7. The van der Waals surface area contributed by atoms with E-state index in [9.17, 15) is 9.59 Å². The molecular formula is C20H28O2. The van der Waals surface area contributed by atoms with Crippen LogP contribution in [0, 0.1) is 0 Å². The van der Waals surface area contributed by atoms with E-state index in [1.807, 2.05) is 64.1 Å². The molecule has 0 saturated heterocycles. The Morgan fingerprint density at radius 1 is 1.00 bits per heavy atom. The van der Waals surface area contributed by atoms with E-state index in [-0.39, 0.29) is 11.6 Å². The molecule has 0 fully saturated rings. The number of carbonyl (C=O) groups excluding carboxylic acids is 2. The van der Waals surface area contributed by atoms with Gasteiger partial charge in [0.2, 0.25) is 0 Å². The standard InChI is InChI=1S/C10H14O.C8H8O.C2H6/c1-5-8(3)7-10(6-2)9(4)11;1-7(9)8-5-3-2-4-6-8;1-2/h5-7H,1H2,2-4H3;2-6H,1H3;1-2H3/b8-7-,10-6+;;. The van der Waals surface area contributed by atoms with Crippen LogP contribution >= 0.6 is 0 Å². The van der Waals surface area contributed by atoms with Gasteiger partial charge in [0.05, 0.1) is 0 Å². The molecule has 0 bridgehead atoms. The minimum Gasteiger partial charge on any atom is -0.295 e. The number of Topliss-reactive ketones (excluding diaryl/α,β-unsaturated/α-hetero) is 2. The Bertz CT molecular complexity index is 520. The Morgan fingerprint density at radius 3 is 1.77 bits per heavy atom. The third-order valence-corrected chi connectivity index (χ3v) is 2.60. The fraction of sp³-hybridized carbons (Fsp3) is 0.300. The van der Waals surface area contributed by atoms with Crippen LogP contribution in [-0.4, -0.2) is 11.6 Å².